The number of hydrogen-bond donors (Lipinski definition) is 1. The minimum absolute atomic E-state index is 0.474. The molecule has 0 aromatic heterocycles. The third-order valence-electron chi connectivity index (χ3n) is 3.22. The van der Waals surface area contributed by atoms with Crippen molar-refractivity contribution in [2.24, 2.45) is 15.7 Å². The van der Waals surface area contributed by atoms with Crippen LogP contribution in [0.4, 0.5) is 5.69 Å². The number of benzene rings is 2. The van der Waals surface area contributed by atoms with Crippen LogP contribution in [-0.2, 0) is 0 Å². The first-order valence-electron chi connectivity index (χ1n) is 7.52. The second kappa shape index (κ2) is 7.98. The second-order valence-corrected chi connectivity index (χ2v) is 4.72. The summed E-state index contributed by atoms with van der Waals surface area (Å²) in [6, 6.07) is 19.8. The van der Waals surface area contributed by atoms with Crippen molar-refractivity contribution >= 4 is 17.5 Å². The summed E-state index contributed by atoms with van der Waals surface area (Å²) in [6.07, 6.45) is 0. The van der Waals surface area contributed by atoms with Crippen molar-refractivity contribution in [3.8, 4) is 0 Å². The first kappa shape index (κ1) is 15.8. The van der Waals surface area contributed by atoms with Gasteiger partial charge in [-0.05, 0) is 26.0 Å². The maximum absolute atomic E-state index is 6.14. The Morgan fingerprint density at radius 3 is 2.09 bits per heavy atom. The Kier molecular flexibility index (Phi) is 5.72. The molecule has 22 heavy (non-hydrogen) atoms. The highest BCUT2D eigenvalue weighted by molar-refractivity contribution is 6.09. The average Bonchev–Trinajstić information content (AvgIpc) is 2.57. The van der Waals surface area contributed by atoms with Crippen LogP contribution in [0.3, 0.4) is 0 Å². The van der Waals surface area contributed by atoms with E-state index in [9.17, 15) is 0 Å². The van der Waals surface area contributed by atoms with Crippen LogP contribution in [0.5, 0.6) is 0 Å². The summed E-state index contributed by atoms with van der Waals surface area (Å²) in [4.78, 5) is 11.1. The molecule has 114 valence electrons. The molecule has 0 aliphatic carbocycles. The lowest BCUT2D eigenvalue weighted by atomic mass is 10.2. The summed E-state index contributed by atoms with van der Waals surface area (Å²) in [6.45, 7) is 5.50. The summed E-state index contributed by atoms with van der Waals surface area (Å²) >= 11 is 0. The standard InChI is InChI=1S/C18H22N4/c1-3-20-18(21-17(19)15-11-7-5-8-12-15)22(4-2)16-13-9-6-10-14-16/h5-14H,3-4H2,1-2H3,(H2,19,20,21). The fourth-order valence-electron chi connectivity index (χ4n) is 2.15. The van der Waals surface area contributed by atoms with Gasteiger partial charge in [-0.25, -0.2) is 0 Å². The number of nitrogens with zero attached hydrogens (tertiary/aromatic N) is 3. The molecule has 4 nitrogen and oxygen atoms in total. The van der Waals surface area contributed by atoms with Gasteiger partial charge in [-0.3, -0.25) is 4.99 Å². The van der Waals surface area contributed by atoms with Crippen molar-refractivity contribution in [1.29, 1.82) is 0 Å². The zero-order valence-electron chi connectivity index (χ0n) is 13.1. The molecule has 2 aromatic rings. The first-order valence-corrected chi connectivity index (χ1v) is 7.52. The van der Waals surface area contributed by atoms with E-state index in [0.717, 1.165) is 17.8 Å². The zero-order chi connectivity index (χ0) is 15.8. The predicted octanol–water partition coefficient (Wildman–Crippen LogP) is 3.29. The molecule has 0 spiro atoms. The highest BCUT2D eigenvalue weighted by atomic mass is 15.3. The summed E-state index contributed by atoms with van der Waals surface area (Å²) < 4.78 is 0. The topological polar surface area (TPSA) is 54.0 Å². The minimum Gasteiger partial charge on any atom is -0.383 e. The van der Waals surface area contributed by atoms with Crippen molar-refractivity contribution in [1.82, 2.24) is 0 Å². The molecule has 0 fully saturated rings. The van der Waals surface area contributed by atoms with Gasteiger partial charge in [0.05, 0.1) is 0 Å². The van der Waals surface area contributed by atoms with E-state index < -0.39 is 0 Å². The average molecular weight is 294 g/mol. The first-order chi connectivity index (χ1) is 10.8. The number of nitrogens with two attached hydrogens (primary N) is 1. The number of guanidine groups is 1. The molecule has 0 heterocycles. The molecule has 0 bridgehead atoms. The van der Waals surface area contributed by atoms with Gasteiger partial charge >= 0.3 is 0 Å². The molecular formula is C18H22N4. The van der Waals surface area contributed by atoms with Crippen LogP contribution in [0.15, 0.2) is 70.6 Å². The lowest BCUT2D eigenvalue weighted by molar-refractivity contribution is 1.01. The summed E-state index contributed by atoms with van der Waals surface area (Å²) in [5.41, 5.74) is 8.10. The number of hydrogen-bond acceptors (Lipinski definition) is 1. The maximum atomic E-state index is 6.14. The van der Waals surface area contributed by atoms with Crippen LogP contribution in [-0.4, -0.2) is 24.9 Å². The monoisotopic (exact) mass is 294 g/mol. The van der Waals surface area contributed by atoms with Gasteiger partial charge in [0.2, 0.25) is 5.96 Å². The van der Waals surface area contributed by atoms with E-state index in [1.807, 2.05) is 67.6 Å². The number of rotatable bonds is 4. The lowest BCUT2D eigenvalue weighted by Crippen LogP contribution is -2.31. The third-order valence-corrected chi connectivity index (χ3v) is 3.22. The Hall–Kier alpha value is -2.62. The van der Waals surface area contributed by atoms with Crippen molar-refractivity contribution in [2.75, 3.05) is 18.0 Å². The van der Waals surface area contributed by atoms with Crippen LogP contribution in [0.2, 0.25) is 0 Å². The van der Waals surface area contributed by atoms with E-state index in [4.69, 9.17) is 5.73 Å². The van der Waals surface area contributed by atoms with Crippen LogP contribution in [0.25, 0.3) is 0 Å². The predicted molar refractivity (Wildman–Crippen MR) is 94.6 cm³/mol. The fraction of sp³-hybridized carbons (Fsp3) is 0.222. The quantitative estimate of drug-likeness (QED) is 0.695. The van der Waals surface area contributed by atoms with Gasteiger partial charge < -0.3 is 10.6 Å². The molecule has 0 unspecified atom stereocenters. The van der Waals surface area contributed by atoms with Crippen molar-refractivity contribution < 1.29 is 0 Å². The Morgan fingerprint density at radius 1 is 0.955 bits per heavy atom. The molecule has 2 N–H and O–H groups in total. The number of aliphatic imine (C=N–C) groups is 2. The van der Waals surface area contributed by atoms with Crippen molar-refractivity contribution in [3.63, 3.8) is 0 Å². The number of amidine groups is 1. The maximum Gasteiger partial charge on any atom is 0.227 e. The van der Waals surface area contributed by atoms with Gasteiger partial charge in [0.15, 0.2) is 0 Å². The number of para-hydroxylation sites is 1. The number of anilines is 1. The molecule has 0 amide bonds. The fourth-order valence-corrected chi connectivity index (χ4v) is 2.15. The summed E-state index contributed by atoms with van der Waals surface area (Å²) in [7, 11) is 0. The van der Waals surface area contributed by atoms with E-state index in [-0.39, 0.29) is 0 Å². The highest BCUT2D eigenvalue weighted by Gasteiger charge is 2.11. The summed E-state index contributed by atoms with van der Waals surface area (Å²) in [5.74, 6) is 1.11. The SMILES string of the molecule is CCN=C(N=C(N)c1ccccc1)N(CC)c1ccccc1. The third kappa shape index (κ3) is 3.95. The lowest BCUT2D eigenvalue weighted by Gasteiger charge is -2.22. The molecule has 0 radical (unpaired) electrons. The Balaban J connectivity index is 2.36. The normalized spacial score (nSPS) is 12.3. The molecule has 4 heteroatoms. The van der Waals surface area contributed by atoms with Crippen LogP contribution >= 0.6 is 0 Å². The molecule has 0 saturated carbocycles. The molecule has 0 aliphatic rings. The Bertz CT molecular complexity index is 633. The van der Waals surface area contributed by atoms with Gasteiger partial charge in [0.25, 0.3) is 0 Å². The second-order valence-electron chi connectivity index (χ2n) is 4.72. The molecule has 0 atom stereocenters. The Morgan fingerprint density at radius 2 is 1.55 bits per heavy atom. The minimum atomic E-state index is 0.474. The van der Waals surface area contributed by atoms with Crippen molar-refractivity contribution in [2.45, 2.75) is 13.8 Å². The molecule has 2 rings (SSSR count). The molecule has 2 aromatic carbocycles. The van der Waals surface area contributed by atoms with Crippen LogP contribution < -0.4 is 10.6 Å². The molecular weight excluding hydrogens is 272 g/mol. The largest absolute Gasteiger partial charge is 0.383 e. The van der Waals surface area contributed by atoms with Gasteiger partial charge in [-0.2, -0.15) is 4.99 Å². The van der Waals surface area contributed by atoms with Gasteiger partial charge in [0.1, 0.15) is 5.84 Å². The molecule has 0 saturated heterocycles. The summed E-state index contributed by atoms with van der Waals surface area (Å²) in [5, 5.41) is 0. The van der Waals surface area contributed by atoms with Gasteiger partial charge in [0, 0.05) is 24.3 Å². The smallest absolute Gasteiger partial charge is 0.227 e. The van der Waals surface area contributed by atoms with E-state index in [2.05, 4.69) is 21.8 Å². The van der Waals surface area contributed by atoms with Crippen molar-refractivity contribution in [3.05, 3.63) is 66.2 Å². The van der Waals surface area contributed by atoms with E-state index in [0.29, 0.717) is 18.3 Å². The van der Waals surface area contributed by atoms with E-state index >= 15 is 0 Å². The van der Waals surface area contributed by atoms with Gasteiger partial charge in [-0.1, -0.05) is 48.5 Å². The van der Waals surface area contributed by atoms with Crippen LogP contribution in [0, 0.1) is 0 Å². The van der Waals surface area contributed by atoms with Crippen LogP contribution in [0.1, 0.15) is 19.4 Å². The zero-order valence-corrected chi connectivity index (χ0v) is 13.1. The van der Waals surface area contributed by atoms with E-state index in [1.54, 1.807) is 0 Å². The molecule has 0 aliphatic heterocycles. The van der Waals surface area contributed by atoms with Gasteiger partial charge in [-0.15, -0.1) is 0 Å². The Labute approximate surface area is 132 Å². The highest BCUT2D eigenvalue weighted by Crippen LogP contribution is 2.14. The van der Waals surface area contributed by atoms with E-state index in [1.165, 1.54) is 0 Å².